The first-order chi connectivity index (χ1) is 11.6. The molecule has 3 rings (SSSR count). The van der Waals surface area contributed by atoms with Gasteiger partial charge < -0.3 is 15.0 Å². The predicted octanol–water partition coefficient (Wildman–Crippen LogP) is 2.47. The second kappa shape index (κ2) is 7.06. The Labute approximate surface area is 138 Å². The Morgan fingerprint density at radius 2 is 1.92 bits per heavy atom. The zero-order chi connectivity index (χ0) is 16.9. The number of hydrogen-bond acceptors (Lipinski definition) is 3. The maximum absolute atomic E-state index is 13.6. The van der Waals surface area contributed by atoms with E-state index in [1.807, 2.05) is 29.1 Å². The Morgan fingerprint density at radius 1 is 1.17 bits per heavy atom. The molecule has 2 N–H and O–H groups in total. The molecular formula is C18H16FN3O2. The normalized spacial score (nSPS) is 11.9. The van der Waals surface area contributed by atoms with Crippen molar-refractivity contribution in [3.63, 3.8) is 0 Å². The minimum atomic E-state index is -1.11. The Kier molecular flexibility index (Phi) is 4.67. The number of nitrogens with one attached hydrogen (secondary N) is 1. The number of hydrogen-bond donors (Lipinski definition) is 2. The Hall–Kier alpha value is -2.99. The van der Waals surface area contributed by atoms with Crippen molar-refractivity contribution in [2.24, 2.45) is 0 Å². The van der Waals surface area contributed by atoms with E-state index in [4.69, 9.17) is 0 Å². The van der Waals surface area contributed by atoms with Gasteiger partial charge in [-0.05, 0) is 30.3 Å². The van der Waals surface area contributed by atoms with Gasteiger partial charge in [0.15, 0.2) is 0 Å². The molecule has 1 atom stereocenters. The third-order valence-electron chi connectivity index (χ3n) is 3.60. The molecule has 0 aliphatic carbocycles. The summed E-state index contributed by atoms with van der Waals surface area (Å²) in [5.41, 5.74) is 0.519. The van der Waals surface area contributed by atoms with Crippen LogP contribution < -0.4 is 5.32 Å². The highest BCUT2D eigenvalue weighted by molar-refractivity contribution is 5.93. The predicted molar refractivity (Wildman–Crippen MR) is 87.3 cm³/mol. The van der Waals surface area contributed by atoms with Crippen molar-refractivity contribution in [2.45, 2.75) is 6.10 Å². The molecule has 1 aromatic carbocycles. The van der Waals surface area contributed by atoms with E-state index in [2.05, 4.69) is 10.3 Å². The van der Waals surface area contributed by atoms with E-state index in [0.29, 0.717) is 11.4 Å². The molecule has 2 heterocycles. The average molecular weight is 325 g/mol. The number of rotatable bonds is 5. The number of nitrogens with zero attached hydrogens (tertiary/aromatic N) is 2. The van der Waals surface area contributed by atoms with Crippen molar-refractivity contribution in [2.75, 3.05) is 6.54 Å². The van der Waals surface area contributed by atoms with Gasteiger partial charge in [0.05, 0.1) is 11.7 Å². The number of pyridine rings is 1. The number of aromatic nitrogens is 2. The average Bonchev–Trinajstić information content (AvgIpc) is 3.14. The van der Waals surface area contributed by atoms with Crippen LogP contribution in [0, 0.1) is 5.82 Å². The largest absolute Gasteiger partial charge is 0.386 e. The van der Waals surface area contributed by atoms with Gasteiger partial charge in [-0.1, -0.05) is 18.2 Å². The monoisotopic (exact) mass is 325 g/mol. The van der Waals surface area contributed by atoms with Gasteiger partial charge in [0.25, 0.3) is 5.91 Å². The minimum Gasteiger partial charge on any atom is -0.386 e. The van der Waals surface area contributed by atoms with E-state index < -0.39 is 11.9 Å². The summed E-state index contributed by atoms with van der Waals surface area (Å²) in [5.74, 6) is -0.183. The lowest BCUT2D eigenvalue weighted by Gasteiger charge is -2.13. The fraction of sp³-hybridized carbons (Fsp3) is 0.111. The molecule has 0 saturated heterocycles. The molecule has 1 unspecified atom stereocenters. The molecule has 0 radical (unpaired) electrons. The molecule has 0 spiro atoms. The molecule has 0 bridgehead atoms. The SMILES string of the molecule is O=C(NCC(O)c1ccccc1F)c1ccc(-n2cccc2)nc1. The highest BCUT2D eigenvalue weighted by Gasteiger charge is 2.14. The highest BCUT2D eigenvalue weighted by atomic mass is 19.1. The van der Waals surface area contributed by atoms with Gasteiger partial charge in [-0.25, -0.2) is 9.37 Å². The van der Waals surface area contributed by atoms with Crippen LogP contribution >= 0.6 is 0 Å². The number of halogens is 1. The smallest absolute Gasteiger partial charge is 0.252 e. The van der Waals surface area contributed by atoms with E-state index >= 15 is 0 Å². The highest BCUT2D eigenvalue weighted by Crippen LogP contribution is 2.15. The van der Waals surface area contributed by atoms with Crippen LogP contribution in [0.2, 0.25) is 0 Å². The second-order valence-electron chi connectivity index (χ2n) is 5.24. The van der Waals surface area contributed by atoms with Crippen molar-refractivity contribution in [3.8, 4) is 5.82 Å². The lowest BCUT2D eigenvalue weighted by molar-refractivity contribution is 0.0913. The summed E-state index contributed by atoms with van der Waals surface area (Å²) in [6.07, 6.45) is 4.06. The van der Waals surface area contributed by atoms with Crippen molar-refractivity contribution in [1.82, 2.24) is 14.9 Å². The summed E-state index contributed by atoms with van der Waals surface area (Å²) in [6, 6.07) is 13.1. The van der Waals surface area contributed by atoms with Crippen molar-refractivity contribution >= 4 is 5.91 Å². The lowest BCUT2D eigenvalue weighted by atomic mass is 10.1. The van der Waals surface area contributed by atoms with Crippen LogP contribution in [0.25, 0.3) is 5.82 Å². The molecule has 0 aliphatic heterocycles. The molecule has 5 nitrogen and oxygen atoms in total. The maximum atomic E-state index is 13.6. The summed E-state index contributed by atoms with van der Waals surface area (Å²) in [7, 11) is 0. The third kappa shape index (κ3) is 3.49. The van der Waals surface area contributed by atoms with Crippen LogP contribution in [0.3, 0.4) is 0 Å². The summed E-state index contributed by atoms with van der Waals surface area (Å²) in [6.45, 7) is -0.0842. The summed E-state index contributed by atoms with van der Waals surface area (Å²) in [5, 5.41) is 12.6. The molecule has 122 valence electrons. The van der Waals surface area contributed by atoms with Crippen LogP contribution in [-0.2, 0) is 0 Å². The first-order valence-corrected chi connectivity index (χ1v) is 7.45. The van der Waals surface area contributed by atoms with Crippen LogP contribution in [-0.4, -0.2) is 27.1 Å². The van der Waals surface area contributed by atoms with E-state index in [0.717, 1.165) is 0 Å². The molecular weight excluding hydrogens is 309 g/mol. The molecule has 6 heteroatoms. The van der Waals surface area contributed by atoms with Gasteiger partial charge in [0.2, 0.25) is 0 Å². The molecule has 0 fully saturated rings. The van der Waals surface area contributed by atoms with Crippen LogP contribution in [0.15, 0.2) is 67.1 Å². The number of aliphatic hydroxyl groups is 1. The van der Waals surface area contributed by atoms with Crippen LogP contribution in [0.5, 0.6) is 0 Å². The Bertz CT molecular complexity index is 817. The topological polar surface area (TPSA) is 67.2 Å². The first-order valence-electron chi connectivity index (χ1n) is 7.45. The molecule has 0 aliphatic rings. The number of carbonyl (C=O) groups is 1. The number of benzene rings is 1. The van der Waals surface area contributed by atoms with Gasteiger partial charge in [-0.15, -0.1) is 0 Å². The maximum Gasteiger partial charge on any atom is 0.252 e. The van der Waals surface area contributed by atoms with E-state index in [1.54, 1.807) is 24.3 Å². The van der Waals surface area contributed by atoms with Gasteiger partial charge in [-0.3, -0.25) is 4.79 Å². The van der Waals surface area contributed by atoms with E-state index in [9.17, 15) is 14.3 Å². The molecule has 0 saturated carbocycles. The number of carbonyl (C=O) groups excluding carboxylic acids is 1. The van der Waals surface area contributed by atoms with Crippen LogP contribution in [0.1, 0.15) is 22.0 Å². The molecule has 1 amide bonds. The standard InChI is InChI=1S/C18H16FN3O2/c19-15-6-2-1-5-14(15)16(23)12-21-18(24)13-7-8-17(20-11-13)22-9-3-4-10-22/h1-11,16,23H,12H2,(H,21,24). The molecule has 2 aromatic heterocycles. The number of aliphatic hydroxyl groups excluding tert-OH is 1. The van der Waals surface area contributed by atoms with Crippen molar-refractivity contribution in [3.05, 3.63) is 84.1 Å². The third-order valence-corrected chi connectivity index (χ3v) is 3.60. The first kappa shape index (κ1) is 15.9. The van der Waals surface area contributed by atoms with Gasteiger partial charge >= 0.3 is 0 Å². The summed E-state index contributed by atoms with van der Waals surface area (Å²) < 4.78 is 15.4. The quantitative estimate of drug-likeness (QED) is 0.757. The van der Waals surface area contributed by atoms with Crippen LogP contribution in [0.4, 0.5) is 4.39 Å². The second-order valence-corrected chi connectivity index (χ2v) is 5.24. The zero-order valence-electron chi connectivity index (χ0n) is 12.8. The lowest BCUT2D eigenvalue weighted by Crippen LogP contribution is -2.28. The summed E-state index contributed by atoms with van der Waals surface area (Å²) in [4.78, 5) is 16.3. The Morgan fingerprint density at radius 3 is 2.58 bits per heavy atom. The molecule has 24 heavy (non-hydrogen) atoms. The minimum absolute atomic E-state index is 0.0842. The molecule has 3 aromatic rings. The fourth-order valence-corrected chi connectivity index (χ4v) is 2.31. The van der Waals surface area contributed by atoms with Gasteiger partial charge in [-0.2, -0.15) is 0 Å². The fourth-order valence-electron chi connectivity index (χ4n) is 2.31. The van der Waals surface area contributed by atoms with E-state index in [1.165, 1.54) is 18.3 Å². The Balaban J connectivity index is 1.62. The summed E-state index contributed by atoms with van der Waals surface area (Å²) >= 11 is 0. The van der Waals surface area contributed by atoms with Crippen molar-refractivity contribution < 1.29 is 14.3 Å². The van der Waals surface area contributed by atoms with Crippen molar-refractivity contribution in [1.29, 1.82) is 0 Å². The van der Waals surface area contributed by atoms with E-state index in [-0.39, 0.29) is 18.0 Å². The number of amides is 1. The van der Waals surface area contributed by atoms with Gasteiger partial charge in [0.1, 0.15) is 11.6 Å². The zero-order valence-corrected chi connectivity index (χ0v) is 12.8. The van der Waals surface area contributed by atoms with Gasteiger partial charge in [0, 0.05) is 30.7 Å².